The van der Waals surface area contributed by atoms with Gasteiger partial charge in [-0.25, -0.2) is 4.39 Å². The number of benzene rings is 1. The van der Waals surface area contributed by atoms with Gasteiger partial charge in [-0.3, -0.25) is 9.59 Å². The summed E-state index contributed by atoms with van der Waals surface area (Å²) in [4.78, 5) is 23.0. The summed E-state index contributed by atoms with van der Waals surface area (Å²) in [5.74, 6) is -2.59. The second-order valence-corrected chi connectivity index (χ2v) is 5.36. The fourth-order valence-electron chi connectivity index (χ4n) is 1.96. The van der Waals surface area contributed by atoms with Crippen molar-refractivity contribution in [3.05, 3.63) is 35.1 Å². The predicted octanol–water partition coefficient (Wildman–Crippen LogP) is 2.61. The van der Waals surface area contributed by atoms with Crippen LogP contribution in [0.4, 0.5) is 4.39 Å². The highest BCUT2D eigenvalue weighted by molar-refractivity contribution is 5.94. The number of rotatable bonds is 6. The van der Waals surface area contributed by atoms with Crippen LogP contribution in [0.1, 0.15) is 36.2 Å². The fourth-order valence-corrected chi connectivity index (χ4v) is 1.96. The van der Waals surface area contributed by atoms with Crippen molar-refractivity contribution in [1.82, 2.24) is 5.32 Å². The molecule has 0 bridgehead atoms. The van der Waals surface area contributed by atoms with E-state index in [4.69, 9.17) is 5.11 Å². The summed E-state index contributed by atoms with van der Waals surface area (Å²) >= 11 is 0. The van der Waals surface area contributed by atoms with Crippen LogP contribution >= 0.6 is 0 Å². The first-order valence-electron chi connectivity index (χ1n) is 6.58. The Labute approximate surface area is 118 Å². The molecule has 0 fully saturated rings. The Kier molecular flexibility index (Phi) is 5.67. The first kappa shape index (κ1) is 16.1. The molecule has 0 spiro atoms. The fraction of sp³-hybridized carbons (Fsp3) is 0.467. The maximum atomic E-state index is 13.5. The van der Waals surface area contributed by atoms with E-state index in [2.05, 4.69) is 5.32 Å². The highest BCUT2D eigenvalue weighted by Gasteiger charge is 2.20. The number of hydrogen-bond acceptors (Lipinski definition) is 2. The molecular weight excluding hydrogens is 261 g/mol. The second kappa shape index (κ2) is 7.03. The van der Waals surface area contributed by atoms with Crippen LogP contribution in [0.15, 0.2) is 18.2 Å². The molecule has 1 rings (SSSR count). The van der Waals surface area contributed by atoms with Gasteiger partial charge in [0.1, 0.15) is 5.82 Å². The van der Waals surface area contributed by atoms with E-state index in [0.717, 1.165) is 5.56 Å². The largest absolute Gasteiger partial charge is 0.481 e. The molecule has 0 aliphatic rings. The molecule has 5 heteroatoms. The van der Waals surface area contributed by atoms with E-state index >= 15 is 0 Å². The summed E-state index contributed by atoms with van der Waals surface area (Å²) in [5.41, 5.74) is 0.715. The van der Waals surface area contributed by atoms with Crippen molar-refractivity contribution >= 4 is 11.9 Å². The lowest BCUT2D eigenvalue weighted by molar-refractivity contribution is -0.142. The minimum atomic E-state index is -0.955. The molecule has 110 valence electrons. The van der Waals surface area contributed by atoms with E-state index in [9.17, 15) is 14.0 Å². The van der Waals surface area contributed by atoms with Gasteiger partial charge in [-0.1, -0.05) is 25.5 Å². The van der Waals surface area contributed by atoms with Gasteiger partial charge in [0, 0.05) is 6.54 Å². The molecule has 0 aromatic heterocycles. The third kappa shape index (κ3) is 4.64. The van der Waals surface area contributed by atoms with E-state index in [-0.39, 0.29) is 18.0 Å². The first-order valence-corrected chi connectivity index (χ1v) is 6.58. The van der Waals surface area contributed by atoms with Crippen LogP contribution in [0.5, 0.6) is 0 Å². The van der Waals surface area contributed by atoms with Crippen LogP contribution in [0.25, 0.3) is 0 Å². The van der Waals surface area contributed by atoms with Crippen LogP contribution in [0.2, 0.25) is 0 Å². The van der Waals surface area contributed by atoms with Crippen LogP contribution < -0.4 is 5.32 Å². The number of amides is 1. The first-order chi connectivity index (χ1) is 9.31. The number of aryl methyl sites for hydroxylation is 1. The zero-order valence-corrected chi connectivity index (χ0v) is 11.9. The molecule has 0 aliphatic carbocycles. The summed E-state index contributed by atoms with van der Waals surface area (Å²) in [7, 11) is 0. The highest BCUT2D eigenvalue weighted by atomic mass is 19.1. The lowest BCUT2D eigenvalue weighted by atomic mass is 9.97. The van der Waals surface area contributed by atoms with Gasteiger partial charge in [-0.15, -0.1) is 0 Å². The molecular formula is C15H20FNO3. The smallest absolute Gasteiger partial charge is 0.308 e. The summed E-state index contributed by atoms with van der Waals surface area (Å²) in [6, 6.07) is 4.25. The van der Waals surface area contributed by atoms with Gasteiger partial charge in [0.25, 0.3) is 5.91 Å². The van der Waals surface area contributed by atoms with Gasteiger partial charge in [0.15, 0.2) is 0 Å². The van der Waals surface area contributed by atoms with Crippen LogP contribution in [-0.2, 0) is 4.79 Å². The Morgan fingerprint density at radius 2 is 2.00 bits per heavy atom. The van der Waals surface area contributed by atoms with Crippen molar-refractivity contribution in [1.29, 1.82) is 0 Å². The van der Waals surface area contributed by atoms with Crippen molar-refractivity contribution in [2.75, 3.05) is 6.54 Å². The van der Waals surface area contributed by atoms with E-state index < -0.39 is 23.6 Å². The van der Waals surface area contributed by atoms with E-state index in [1.54, 1.807) is 13.0 Å². The molecule has 0 saturated carbocycles. The molecule has 2 N–H and O–H groups in total. The molecule has 1 aromatic carbocycles. The van der Waals surface area contributed by atoms with E-state index in [0.29, 0.717) is 6.42 Å². The number of hydrogen-bond donors (Lipinski definition) is 2. The van der Waals surface area contributed by atoms with Crippen molar-refractivity contribution in [3.8, 4) is 0 Å². The maximum absolute atomic E-state index is 13.5. The summed E-state index contributed by atoms with van der Waals surface area (Å²) in [6.07, 6.45) is 0.464. The molecule has 0 unspecified atom stereocenters. The van der Waals surface area contributed by atoms with Gasteiger partial charge >= 0.3 is 5.97 Å². The lowest BCUT2D eigenvalue weighted by Crippen LogP contribution is -2.34. The van der Waals surface area contributed by atoms with Gasteiger partial charge < -0.3 is 10.4 Å². The molecule has 1 atom stereocenters. The standard InChI is InChI=1S/C15H20FNO3/c1-9(2)6-11(15(19)20)8-17-14(18)12-7-10(3)4-5-13(12)16/h4-5,7,9,11H,6,8H2,1-3H3,(H,17,18)(H,19,20)/t11-/m1/s1. The molecule has 4 nitrogen and oxygen atoms in total. The second-order valence-electron chi connectivity index (χ2n) is 5.36. The average molecular weight is 281 g/mol. The van der Waals surface area contributed by atoms with E-state index in [1.807, 2.05) is 13.8 Å². The monoisotopic (exact) mass is 281 g/mol. The minimum Gasteiger partial charge on any atom is -0.481 e. The number of carbonyl (C=O) groups is 2. The number of carbonyl (C=O) groups excluding carboxylic acids is 1. The number of carboxylic acid groups (broad SMARTS) is 1. The quantitative estimate of drug-likeness (QED) is 0.842. The van der Waals surface area contributed by atoms with Crippen molar-refractivity contribution in [2.45, 2.75) is 27.2 Å². The number of aliphatic carboxylic acids is 1. The summed E-state index contributed by atoms with van der Waals surface area (Å²) < 4.78 is 13.5. The summed E-state index contributed by atoms with van der Waals surface area (Å²) in [6.45, 7) is 5.59. The minimum absolute atomic E-state index is 0.000269. The Morgan fingerprint density at radius 3 is 2.55 bits per heavy atom. The highest BCUT2D eigenvalue weighted by Crippen LogP contribution is 2.13. The third-order valence-corrected chi connectivity index (χ3v) is 2.98. The number of nitrogens with one attached hydrogen (secondary N) is 1. The lowest BCUT2D eigenvalue weighted by Gasteiger charge is -2.15. The Morgan fingerprint density at radius 1 is 1.35 bits per heavy atom. The van der Waals surface area contributed by atoms with Crippen molar-refractivity contribution < 1.29 is 19.1 Å². The normalized spacial score (nSPS) is 12.2. The molecule has 0 saturated heterocycles. The third-order valence-electron chi connectivity index (χ3n) is 2.98. The van der Waals surface area contributed by atoms with Gasteiger partial charge in [-0.05, 0) is 31.4 Å². The van der Waals surface area contributed by atoms with Crippen molar-refractivity contribution in [3.63, 3.8) is 0 Å². The predicted molar refractivity (Wildman–Crippen MR) is 74.1 cm³/mol. The van der Waals surface area contributed by atoms with Gasteiger partial charge in [0.05, 0.1) is 11.5 Å². The van der Waals surface area contributed by atoms with Crippen LogP contribution in [0.3, 0.4) is 0 Å². The van der Waals surface area contributed by atoms with Crippen LogP contribution in [-0.4, -0.2) is 23.5 Å². The Hall–Kier alpha value is -1.91. The maximum Gasteiger partial charge on any atom is 0.308 e. The summed E-state index contributed by atoms with van der Waals surface area (Å²) in [5, 5.41) is 11.6. The average Bonchev–Trinajstić information content (AvgIpc) is 2.36. The van der Waals surface area contributed by atoms with Gasteiger partial charge in [-0.2, -0.15) is 0 Å². The Balaban J connectivity index is 2.70. The van der Waals surface area contributed by atoms with Crippen LogP contribution in [0, 0.1) is 24.6 Å². The molecule has 1 aromatic rings. The molecule has 0 radical (unpaired) electrons. The topological polar surface area (TPSA) is 66.4 Å². The Bertz CT molecular complexity index is 500. The van der Waals surface area contributed by atoms with Crippen molar-refractivity contribution in [2.24, 2.45) is 11.8 Å². The SMILES string of the molecule is Cc1ccc(F)c(C(=O)NC[C@@H](CC(C)C)C(=O)O)c1. The zero-order chi connectivity index (χ0) is 15.3. The van der Waals surface area contributed by atoms with Gasteiger partial charge in [0.2, 0.25) is 0 Å². The molecule has 1 amide bonds. The molecule has 0 aliphatic heterocycles. The van der Waals surface area contributed by atoms with E-state index in [1.165, 1.54) is 12.1 Å². The molecule has 0 heterocycles. The number of carboxylic acids is 1. The zero-order valence-electron chi connectivity index (χ0n) is 11.9. The molecule has 20 heavy (non-hydrogen) atoms. The number of halogens is 1.